The molecule has 0 aromatic carbocycles. The van der Waals surface area contributed by atoms with Gasteiger partial charge in [-0.3, -0.25) is 0 Å². The van der Waals surface area contributed by atoms with Gasteiger partial charge in [0, 0.05) is 25.7 Å². The second-order valence-corrected chi connectivity index (χ2v) is 5.69. The van der Waals surface area contributed by atoms with Crippen LogP contribution in [0.25, 0.3) is 0 Å². The van der Waals surface area contributed by atoms with Gasteiger partial charge >= 0.3 is 0 Å². The largest absolute Gasteiger partial charge is 0.364 e. The van der Waals surface area contributed by atoms with Crippen LogP contribution in [0.3, 0.4) is 0 Å². The number of hydrogen-bond acceptors (Lipinski definition) is 3. The maximum Gasteiger partial charge on any atom is 0.194 e. The van der Waals surface area contributed by atoms with Crippen molar-refractivity contribution in [3.63, 3.8) is 0 Å². The van der Waals surface area contributed by atoms with Gasteiger partial charge in [0.15, 0.2) is 5.96 Å². The Morgan fingerprint density at radius 2 is 2.35 bits per heavy atom. The Balaban J connectivity index is 0.00000147. The Morgan fingerprint density at radius 1 is 1.50 bits per heavy atom. The van der Waals surface area contributed by atoms with Gasteiger partial charge in [0.05, 0.1) is 6.54 Å². The molecule has 3 rings (SSSR count). The molecular weight excluding hydrogens is 367 g/mol. The molecule has 6 heteroatoms. The molecule has 112 valence electrons. The molecular formula is C14H23IN4O. The van der Waals surface area contributed by atoms with Crippen LogP contribution in [0.5, 0.6) is 0 Å². The Morgan fingerprint density at radius 3 is 2.90 bits per heavy atom. The molecule has 1 saturated carbocycles. The highest BCUT2D eigenvalue weighted by molar-refractivity contribution is 14.0. The quantitative estimate of drug-likeness (QED) is 0.490. The van der Waals surface area contributed by atoms with E-state index in [1.165, 1.54) is 25.7 Å². The molecule has 1 aromatic rings. The molecule has 1 aromatic heterocycles. The first-order valence-corrected chi connectivity index (χ1v) is 7.24. The summed E-state index contributed by atoms with van der Waals surface area (Å²) in [6.45, 7) is 5.90. The molecule has 2 aliphatic rings. The smallest absolute Gasteiger partial charge is 0.194 e. The van der Waals surface area contributed by atoms with E-state index in [1.54, 1.807) is 6.26 Å². The molecule has 0 radical (unpaired) electrons. The van der Waals surface area contributed by atoms with Crippen molar-refractivity contribution in [2.24, 2.45) is 10.4 Å². The van der Waals surface area contributed by atoms with Crippen LogP contribution in [0.1, 0.15) is 38.3 Å². The molecule has 20 heavy (non-hydrogen) atoms. The maximum atomic E-state index is 4.84. The van der Waals surface area contributed by atoms with Crippen LogP contribution >= 0.6 is 24.0 Å². The first-order valence-electron chi connectivity index (χ1n) is 7.24. The lowest BCUT2D eigenvalue weighted by molar-refractivity contribution is 0.151. The summed E-state index contributed by atoms with van der Waals surface area (Å²) in [5.74, 6) is 1.02. The number of nitrogens with one attached hydrogen (secondary N) is 1. The molecule has 0 unspecified atom stereocenters. The topological polar surface area (TPSA) is 53.7 Å². The summed E-state index contributed by atoms with van der Waals surface area (Å²) < 4.78 is 4.84. The molecule has 2 heterocycles. The average Bonchev–Trinajstić information content (AvgIpc) is 3.02. The highest BCUT2D eigenvalue weighted by Crippen LogP contribution is 2.47. The first kappa shape index (κ1) is 15.6. The third-order valence-electron chi connectivity index (χ3n) is 4.37. The van der Waals surface area contributed by atoms with Crippen LogP contribution in [0.4, 0.5) is 0 Å². The molecule has 0 atom stereocenters. The minimum absolute atomic E-state index is 0. The van der Waals surface area contributed by atoms with Crippen molar-refractivity contribution in [1.29, 1.82) is 0 Å². The summed E-state index contributed by atoms with van der Waals surface area (Å²) in [6, 6.07) is 1.87. The molecule has 2 fully saturated rings. The summed E-state index contributed by atoms with van der Waals surface area (Å²) in [5.41, 5.74) is 1.48. The lowest BCUT2D eigenvalue weighted by Crippen LogP contribution is -2.42. The number of aliphatic imine (C=N–C) groups is 1. The number of likely N-dealkylation sites (tertiary alicyclic amines) is 1. The predicted octanol–water partition coefficient (Wildman–Crippen LogP) is 2.63. The van der Waals surface area contributed by atoms with Crippen molar-refractivity contribution in [3.8, 4) is 0 Å². The number of rotatable bonds is 3. The number of halogens is 1. The van der Waals surface area contributed by atoms with Crippen LogP contribution in [-0.4, -0.2) is 35.7 Å². The van der Waals surface area contributed by atoms with Gasteiger partial charge in [-0.05, 0) is 31.6 Å². The van der Waals surface area contributed by atoms with Crippen LogP contribution in [0.2, 0.25) is 0 Å². The van der Waals surface area contributed by atoms with Crippen LogP contribution < -0.4 is 5.32 Å². The van der Waals surface area contributed by atoms with E-state index in [2.05, 4.69) is 27.3 Å². The van der Waals surface area contributed by atoms with E-state index in [4.69, 9.17) is 4.52 Å². The summed E-state index contributed by atoms with van der Waals surface area (Å²) in [6.07, 6.45) is 7.11. The fourth-order valence-electron chi connectivity index (χ4n) is 3.10. The van der Waals surface area contributed by atoms with E-state index >= 15 is 0 Å². The summed E-state index contributed by atoms with van der Waals surface area (Å²) in [5, 5.41) is 7.29. The zero-order valence-corrected chi connectivity index (χ0v) is 14.3. The lowest BCUT2D eigenvalue weighted by Gasteiger charge is -2.38. The zero-order valence-electron chi connectivity index (χ0n) is 12.0. The van der Waals surface area contributed by atoms with E-state index in [-0.39, 0.29) is 24.0 Å². The van der Waals surface area contributed by atoms with Crippen LogP contribution in [0.15, 0.2) is 21.8 Å². The highest BCUT2D eigenvalue weighted by atomic mass is 127. The molecule has 1 aliphatic heterocycles. The molecule has 1 aliphatic carbocycles. The molecule has 5 nitrogen and oxygen atoms in total. The Labute approximate surface area is 137 Å². The number of hydrogen-bond donors (Lipinski definition) is 1. The number of aromatic nitrogens is 1. The monoisotopic (exact) mass is 390 g/mol. The van der Waals surface area contributed by atoms with Crippen molar-refractivity contribution in [2.75, 3.05) is 19.6 Å². The third kappa shape index (κ3) is 3.27. The minimum Gasteiger partial charge on any atom is -0.364 e. The SMILES string of the molecule is CCNC(=NCc1ccon1)N1CCC2(CCC2)C1.I. The normalized spacial score (nSPS) is 20.6. The van der Waals surface area contributed by atoms with Gasteiger partial charge in [0.2, 0.25) is 0 Å². The summed E-state index contributed by atoms with van der Waals surface area (Å²) >= 11 is 0. The standard InChI is InChI=1S/C14H22N4O.HI/c1-2-15-13(16-10-12-4-9-19-17-12)18-8-7-14(11-18)5-3-6-14;/h4,9H,2-3,5-8,10-11H2,1H3,(H,15,16);1H. The van der Waals surface area contributed by atoms with Gasteiger partial charge in [-0.15, -0.1) is 24.0 Å². The van der Waals surface area contributed by atoms with E-state index in [1.807, 2.05) is 6.07 Å². The van der Waals surface area contributed by atoms with Gasteiger partial charge in [-0.1, -0.05) is 11.6 Å². The Kier molecular flexibility index (Phi) is 5.29. The van der Waals surface area contributed by atoms with Crippen LogP contribution in [0, 0.1) is 5.41 Å². The fraction of sp³-hybridized carbons (Fsp3) is 0.714. The van der Waals surface area contributed by atoms with E-state index in [0.717, 1.165) is 31.3 Å². The highest BCUT2D eigenvalue weighted by Gasteiger charge is 2.43. The second-order valence-electron chi connectivity index (χ2n) is 5.69. The predicted molar refractivity (Wildman–Crippen MR) is 89.2 cm³/mol. The molecule has 1 spiro atoms. The van der Waals surface area contributed by atoms with E-state index < -0.39 is 0 Å². The van der Waals surface area contributed by atoms with Gasteiger partial charge in [-0.2, -0.15) is 0 Å². The summed E-state index contributed by atoms with van der Waals surface area (Å²) in [7, 11) is 0. The Hall–Kier alpha value is -0.790. The molecule has 0 bridgehead atoms. The number of guanidine groups is 1. The lowest BCUT2D eigenvalue weighted by atomic mass is 9.68. The zero-order chi connectivity index (χ0) is 13.1. The molecule has 0 amide bonds. The Bertz CT molecular complexity index is 442. The van der Waals surface area contributed by atoms with Crippen molar-refractivity contribution in [3.05, 3.63) is 18.0 Å². The van der Waals surface area contributed by atoms with Crippen molar-refractivity contribution >= 4 is 29.9 Å². The minimum atomic E-state index is 0. The van der Waals surface area contributed by atoms with Gasteiger partial charge in [-0.25, -0.2) is 4.99 Å². The van der Waals surface area contributed by atoms with Crippen molar-refractivity contribution in [2.45, 2.75) is 39.2 Å². The molecule has 1 saturated heterocycles. The van der Waals surface area contributed by atoms with Gasteiger partial charge < -0.3 is 14.7 Å². The second kappa shape index (κ2) is 6.78. The van der Waals surface area contributed by atoms with E-state index in [0.29, 0.717) is 12.0 Å². The van der Waals surface area contributed by atoms with Crippen LogP contribution in [-0.2, 0) is 6.54 Å². The summed E-state index contributed by atoms with van der Waals surface area (Å²) in [4.78, 5) is 7.08. The van der Waals surface area contributed by atoms with E-state index in [9.17, 15) is 0 Å². The van der Waals surface area contributed by atoms with Gasteiger partial charge in [0.1, 0.15) is 12.0 Å². The average molecular weight is 390 g/mol. The fourth-order valence-corrected chi connectivity index (χ4v) is 3.10. The maximum absolute atomic E-state index is 4.84. The third-order valence-corrected chi connectivity index (χ3v) is 4.37. The van der Waals surface area contributed by atoms with Crippen molar-refractivity contribution in [1.82, 2.24) is 15.4 Å². The van der Waals surface area contributed by atoms with Crippen molar-refractivity contribution < 1.29 is 4.52 Å². The number of nitrogens with zero attached hydrogens (tertiary/aromatic N) is 3. The first-order chi connectivity index (χ1) is 9.31. The molecule has 1 N–H and O–H groups in total. The van der Waals surface area contributed by atoms with Gasteiger partial charge in [0.25, 0.3) is 0 Å².